The van der Waals surface area contributed by atoms with E-state index >= 15 is 0 Å². The van der Waals surface area contributed by atoms with Crippen molar-refractivity contribution < 1.29 is 14.3 Å². The Morgan fingerprint density at radius 2 is 1.88 bits per heavy atom. The summed E-state index contributed by atoms with van der Waals surface area (Å²) in [4.78, 5) is 11.8. The molecule has 0 unspecified atom stereocenters. The van der Waals surface area contributed by atoms with Crippen LogP contribution in [0.1, 0.15) is 24.5 Å². The van der Waals surface area contributed by atoms with Crippen molar-refractivity contribution in [3.63, 3.8) is 0 Å². The van der Waals surface area contributed by atoms with E-state index in [1.807, 2.05) is 36.4 Å². The average molecular weight is 339 g/mol. The van der Waals surface area contributed by atoms with Crippen LogP contribution < -0.4 is 14.8 Å². The first kappa shape index (κ1) is 18.6. The Morgan fingerprint density at radius 1 is 1.12 bits per heavy atom. The summed E-state index contributed by atoms with van der Waals surface area (Å²) in [6.45, 7) is 3.04. The molecule has 0 aliphatic carbocycles. The number of carbonyl (C=O) groups is 1. The van der Waals surface area contributed by atoms with E-state index in [1.165, 1.54) is 11.6 Å². The number of benzene rings is 2. The van der Waals surface area contributed by atoms with Gasteiger partial charge >= 0.3 is 0 Å². The fourth-order valence-corrected chi connectivity index (χ4v) is 2.41. The van der Waals surface area contributed by atoms with E-state index in [0.717, 1.165) is 29.9 Å². The maximum absolute atomic E-state index is 11.8. The van der Waals surface area contributed by atoms with Gasteiger partial charge in [0.15, 0.2) is 0 Å². The molecule has 4 nitrogen and oxygen atoms in total. The number of amides is 1. The number of methoxy groups -OCH3 is 1. The standard InChI is InChI=1S/C21H25NO3/c1-3-6-17-9-12-19(13-10-17)25-16-15-22-21(23)14-11-18-7-4-5-8-20(18)24-2/h4-5,7-14H,3,6,15-16H2,1-2H3,(H,22,23)/b14-11+. The van der Waals surface area contributed by atoms with Crippen molar-refractivity contribution in [3.05, 3.63) is 65.7 Å². The number of hydrogen-bond donors (Lipinski definition) is 1. The van der Waals surface area contributed by atoms with E-state index in [0.29, 0.717) is 13.2 Å². The topological polar surface area (TPSA) is 47.6 Å². The predicted molar refractivity (Wildman–Crippen MR) is 101 cm³/mol. The van der Waals surface area contributed by atoms with E-state index in [4.69, 9.17) is 9.47 Å². The lowest BCUT2D eigenvalue weighted by molar-refractivity contribution is -0.116. The van der Waals surface area contributed by atoms with Gasteiger partial charge in [-0.25, -0.2) is 0 Å². The highest BCUT2D eigenvalue weighted by atomic mass is 16.5. The zero-order valence-corrected chi connectivity index (χ0v) is 14.8. The Balaban J connectivity index is 1.72. The van der Waals surface area contributed by atoms with Gasteiger partial charge in [0.05, 0.1) is 13.7 Å². The highest BCUT2D eigenvalue weighted by molar-refractivity contribution is 5.92. The number of hydrogen-bond acceptors (Lipinski definition) is 3. The van der Waals surface area contributed by atoms with Crippen LogP contribution in [0, 0.1) is 0 Å². The third kappa shape index (κ3) is 6.34. The van der Waals surface area contributed by atoms with Crippen molar-refractivity contribution >= 4 is 12.0 Å². The van der Waals surface area contributed by atoms with Gasteiger partial charge in [0.25, 0.3) is 0 Å². The molecule has 2 aromatic carbocycles. The quantitative estimate of drug-likeness (QED) is 0.557. The number of ether oxygens (including phenoxy) is 2. The second-order valence-electron chi connectivity index (χ2n) is 5.61. The predicted octanol–water partition coefficient (Wildman–Crippen LogP) is 3.86. The van der Waals surface area contributed by atoms with Gasteiger partial charge < -0.3 is 14.8 Å². The van der Waals surface area contributed by atoms with Crippen LogP contribution in [0.25, 0.3) is 6.08 Å². The van der Waals surface area contributed by atoms with Crippen LogP contribution in [0.5, 0.6) is 11.5 Å². The zero-order chi connectivity index (χ0) is 17.9. The summed E-state index contributed by atoms with van der Waals surface area (Å²) in [7, 11) is 1.61. The number of aryl methyl sites for hydroxylation is 1. The van der Waals surface area contributed by atoms with Crippen LogP contribution in [0.15, 0.2) is 54.6 Å². The highest BCUT2D eigenvalue weighted by Crippen LogP contribution is 2.18. The second kappa shape index (κ2) is 10.2. The monoisotopic (exact) mass is 339 g/mol. The summed E-state index contributed by atoms with van der Waals surface area (Å²) in [6.07, 6.45) is 5.45. The molecule has 1 N–H and O–H groups in total. The number of carbonyl (C=O) groups excluding carboxylic acids is 1. The van der Waals surface area contributed by atoms with Gasteiger partial charge in [0, 0.05) is 11.6 Å². The van der Waals surface area contributed by atoms with Gasteiger partial charge in [-0.2, -0.15) is 0 Å². The third-order valence-corrected chi connectivity index (χ3v) is 3.69. The first-order valence-electron chi connectivity index (χ1n) is 8.53. The van der Waals surface area contributed by atoms with Gasteiger partial charge in [-0.15, -0.1) is 0 Å². The van der Waals surface area contributed by atoms with Crippen LogP contribution in [0.2, 0.25) is 0 Å². The lowest BCUT2D eigenvalue weighted by Gasteiger charge is -2.07. The van der Waals surface area contributed by atoms with Gasteiger partial charge in [0.1, 0.15) is 18.1 Å². The molecule has 0 saturated carbocycles. The maximum Gasteiger partial charge on any atom is 0.244 e. The van der Waals surface area contributed by atoms with E-state index < -0.39 is 0 Å². The fraction of sp³-hybridized carbons (Fsp3) is 0.286. The lowest BCUT2D eigenvalue weighted by Crippen LogP contribution is -2.26. The van der Waals surface area contributed by atoms with E-state index in [-0.39, 0.29) is 5.91 Å². The minimum atomic E-state index is -0.159. The Bertz CT molecular complexity index is 693. The molecule has 2 aromatic rings. The molecular weight excluding hydrogens is 314 g/mol. The Kier molecular flexibility index (Phi) is 7.57. The average Bonchev–Trinajstić information content (AvgIpc) is 2.65. The van der Waals surface area contributed by atoms with Crippen molar-refractivity contribution in [3.8, 4) is 11.5 Å². The molecule has 0 spiro atoms. The Morgan fingerprint density at radius 3 is 2.60 bits per heavy atom. The van der Waals surface area contributed by atoms with Gasteiger partial charge in [-0.3, -0.25) is 4.79 Å². The van der Waals surface area contributed by atoms with Crippen molar-refractivity contribution in [2.24, 2.45) is 0 Å². The molecule has 0 saturated heterocycles. The van der Waals surface area contributed by atoms with E-state index in [1.54, 1.807) is 13.2 Å². The zero-order valence-electron chi connectivity index (χ0n) is 14.8. The first-order chi connectivity index (χ1) is 12.2. The molecule has 0 fully saturated rings. The molecule has 0 atom stereocenters. The summed E-state index contributed by atoms with van der Waals surface area (Å²) >= 11 is 0. The molecule has 0 bridgehead atoms. The van der Waals surface area contributed by atoms with Gasteiger partial charge in [-0.1, -0.05) is 43.7 Å². The van der Waals surface area contributed by atoms with E-state index in [2.05, 4.69) is 24.4 Å². The fourth-order valence-electron chi connectivity index (χ4n) is 2.41. The van der Waals surface area contributed by atoms with Crippen LogP contribution in [0.3, 0.4) is 0 Å². The maximum atomic E-state index is 11.8. The first-order valence-corrected chi connectivity index (χ1v) is 8.53. The lowest BCUT2D eigenvalue weighted by atomic mass is 10.1. The summed E-state index contributed by atoms with van der Waals surface area (Å²) < 4.78 is 10.9. The smallest absolute Gasteiger partial charge is 0.244 e. The molecular formula is C21H25NO3. The molecule has 1 amide bonds. The molecule has 0 aromatic heterocycles. The van der Waals surface area contributed by atoms with Crippen LogP contribution >= 0.6 is 0 Å². The van der Waals surface area contributed by atoms with Crippen molar-refractivity contribution in [2.75, 3.05) is 20.3 Å². The SMILES string of the molecule is CCCc1ccc(OCCNC(=O)/C=C/c2ccccc2OC)cc1. The molecule has 0 heterocycles. The minimum Gasteiger partial charge on any atom is -0.496 e. The van der Waals surface area contributed by atoms with Crippen LogP contribution in [0.4, 0.5) is 0 Å². The summed E-state index contributed by atoms with van der Waals surface area (Å²) in [5, 5.41) is 2.80. The molecule has 2 rings (SSSR count). The minimum absolute atomic E-state index is 0.159. The summed E-state index contributed by atoms with van der Waals surface area (Å²) in [5.74, 6) is 1.40. The molecule has 0 aliphatic heterocycles. The van der Waals surface area contributed by atoms with Crippen molar-refractivity contribution in [1.82, 2.24) is 5.32 Å². The number of nitrogens with one attached hydrogen (secondary N) is 1. The van der Waals surface area contributed by atoms with E-state index in [9.17, 15) is 4.79 Å². The number of para-hydroxylation sites is 1. The molecule has 0 aliphatic rings. The Labute approximate surface area is 149 Å². The van der Waals surface area contributed by atoms with Gasteiger partial charge in [-0.05, 0) is 36.3 Å². The van der Waals surface area contributed by atoms with Crippen LogP contribution in [-0.4, -0.2) is 26.2 Å². The van der Waals surface area contributed by atoms with Crippen molar-refractivity contribution in [2.45, 2.75) is 19.8 Å². The molecule has 132 valence electrons. The van der Waals surface area contributed by atoms with Gasteiger partial charge in [0.2, 0.25) is 5.91 Å². The second-order valence-corrected chi connectivity index (χ2v) is 5.61. The number of rotatable bonds is 9. The normalized spacial score (nSPS) is 10.6. The third-order valence-electron chi connectivity index (χ3n) is 3.69. The highest BCUT2D eigenvalue weighted by Gasteiger charge is 2.00. The molecule has 0 radical (unpaired) electrons. The molecule has 4 heteroatoms. The summed E-state index contributed by atoms with van der Waals surface area (Å²) in [5.41, 5.74) is 2.17. The Hall–Kier alpha value is -2.75. The van der Waals surface area contributed by atoms with Crippen molar-refractivity contribution in [1.29, 1.82) is 0 Å². The van der Waals surface area contributed by atoms with Crippen LogP contribution in [-0.2, 0) is 11.2 Å². The molecule has 25 heavy (non-hydrogen) atoms. The largest absolute Gasteiger partial charge is 0.496 e. The summed E-state index contributed by atoms with van der Waals surface area (Å²) in [6, 6.07) is 15.6.